The van der Waals surface area contributed by atoms with E-state index in [2.05, 4.69) is 42.5 Å². The van der Waals surface area contributed by atoms with Gasteiger partial charge in [0.1, 0.15) is 0 Å². The van der Waals surface area contributed by atoms with Gasteiger partial charge in [-0.1, -0.05) is 31.4 Å². The topological polar surface area (TPSA) is 43.8 Å². The average molecular weight is 269 g/mol. The van der Waals surface area contributed by atoms with Crippen molar-refractivity contribution in [3.8, 4) is 5.69 Å². The maximum atomic E-state index is 6.14. The molecule has 1 aliphatic rings. The summed E-state index contributed by atoms with van der Waals surface area (Å²) in [5.74, 6) is 0. The highest BCUT2D eigenvalue weighted by Gasteiger charge is 2.32. The summed E-state index contributed by atoms with van der Waals surface area (Å²) in [6.07, 6.45) is 10.3. The minimum atomic E-state index is 0.177. The SMILES string of the molecule is Cc1cnn(-c2cccc(C3(CN)CCCCC3)c2)c1. The molecule has 1 aromatic carbocycles. The van der Waals surface area contributed by atoms with Crippen molar-refractivity contribution in [1.29, 1.82) is 0 Å². The zero-order chi connectivity index (χ0) is 14.0. The van der Waals surface area contributed by atoms with Crippen LogP contribution < -0.4 is 5.73 Å². The highest BCUT2D eigenvalue weighted by atomic mass is 15.3. The minimum absolute atomic E-state index is 0.177. The maximum absolute atomic E-state index is 6.14. The van der Waals surface area contributed by atoms with Crippen molar-refractivity contribution in [2.75, 3.05) is 6.54 Å². The van der Waals surface area contributed by atoms with E-state index in [-0.39, 0.29) is 5.41 Å². The van der Waals surface area contributed by atoms with Crippen molar-refractivity contribution in [3.05, 3.63) is 47.8 Å². The molecule has 3 nitrogen and oxygen atoms in total. The molecule has 0 spiro atoms. The Bertz CT molecular complexity index is 579. The molecule has 3 rings (SSSR count). The van der Waals surface area contributed by atoms with Crippen LogP contribution in [0.15, 0.2) is 36.7 Å². The van der Waals surface area contributed by atoms with Gasteiger partial charge in [-0.2, -0.15) is 5.10 Å². The zero-order valence-corrected chi connectivity index (χ0v) is 12.2. The lowest BCUT2D eigenvalue weighted by Crippen LogP contribution is -2.37. The van der Waals surface area contributed by atoms with E-state index in [1.165, 1.54) is 43.2 Å². The van der Waals surface area contributed by atoms with Gasteiger partial charge >= 0.3 is 0 Å². The van der Waals surface area contributed by atoms with Gasteiger partial charge in [-0.05, 0) is 43.0 Å². The molecular formula is C17H23N3. The smallest absolute Gasteiger partial charge is 0.0648 e. The van der Waals surface area contributed by atoms with Gasteiger partial charge in [0.15, 0.2) is 0 Å². The van der Waals surface area contributed by atoms with E-state index in [9.17, 15) is 0 Å². The first-order valence-electron chi connectivity index (χ1n) is 7.56. The first kappa shape index (κ1) is 13.4. The van der Waals surface area contributed by atoms with Crippen LogP contribution >= 0.6 is 0 Å². The second-order valence-electron chi connectivity index (χ2n) is 6.06. The number of hydrogen-bond donors (Lipinski definition) is 1. The Morgan fingerprint density at radius 2 is 2.05 bits per heavy atom. The Kier molecular flexibility index (Phi) is 3.62. The highest BCUT2D eigenvalue weighted by molar-refractivity contribution is 5.39. The van der Waals surface area contributed by atoms with Gasteiger partial charge in [0.05, 0.1) is 11.9 Å². The molecule has 2 aromatic rings. The van der Waals surface area contributed by atoms with E-state index >= 15 is 0 Å². The van der Waals surface area contributed by atoms with Crippen LogP contribution in [0.1, 0.15) is 43.2 Å². The number of nitrogens with two attached hydrogens (primary N) is 1. The number of hydrogen-bond acceptors (Lipinski definition) is 2. The molecule has 1 heterocycles. The molecule has 0 amide bonds. The molecule has 1 aliphatic carbocycles. The zero-order valence-electron chi connectivity index (χ0n) is 12.2. The Morgan fingerprint density at radius 1 is 1.25 bits per heavy atom. The summed E-state index contributed by atoms with van der Waals surface area (Å²) in [6, 6.07) is 8.75. The fourth-order valence-corrected chi connectivity index (χ4v) is 3.37. The fraction of sp³-hybridized carbons (Fsp3) is 0.471. The predicted octanol–water partition coefficient (Wildman–Crippen LogP) is 3.34. The Morgan fingerprint density at radius 3 is 2.70 bits per heavy atom. The molecule has 0 saturated heterocycles. The molecule has 106 valence electrons. The molecule has 0 unspecified atom stereocenters. The van der Waals surface area contributed by atoms with E-state index in [1.54, 1.807) is 0 Å². The summed E-state index contributed by atoms with van der Waals surface area (Å²) < 4.78 is 1.95. The molecule has 2 N–H and O–H groups in total. The third-order valence-corrected chi connectivity index (χ3v) is 4.64. The number of benzene rings is 1. The average Bonchev–Trinajstić information content (AvgIpc) is 2.95. The first-order chi connectivity index (χ1) is 9.73. The molecule has 0 atom stereocenters. The van der Waals surface area contributed by atoms with Crippen molar-refractivity contribution >= 4 is 0 Å². The first-order valence-corrected chi connectivity index (χ1v) is 7.56. The van der Waals surface area contributed by atoms with E-state index in [0.29, 0.717) is 0 Å². The number of aromatic nitrogens is 2. The Hall–Kier alpha value is -1.61. The van der Waals surface area contributed by atoms with Gasteiger partial charge in [0.25, 0.3) is 0 Å². The van der Waals surface area contributed by atoms with Gasteiger partial charge in [0, 0.05) is 18.2 Å². The van der Waals surface area contributed by atoms with E-state index in [0.717, 1.165) is 12.2 Å². The third-order valence-electron chi connectivity index (χ3n) is 4.64. The molecule has 20 heavy (non-hydrogen) atoms. The molecule has 0 bridgehead atoms. The lowest BCUT2D eigenvalue weighted by molar-refractivity contribution is 0.301. The quantitative estimate of drug-likeness (QED) is 0.928. The van der Waals surface area contributed by atoms with Gasteiger partial charge in [0.2, 0.25) is 0 Å². The molecule has 1 fully saturated rings. The van der Waals surface area contributed by atoms with Crippen LogP contribution in [0, 0.1) is 6.92 Å². The van der Waals surface area contributed by atoms with Crippen molar-refractivity contribution in [2.24, 2.45) is 5.73 Å². The van der Waals surface area contributed by atoms with Crippen molar-refractivity contribution in [2.45, 2.75) is 44.4 Å². The predicted molar refractivity (Wildman–Crippen MR) is 82.1 cm³/mol. The van der Waals surface area contributed by atoms with Gasteiger partial charge in [-0.3, -0.25) is 0 Å². The van der Waals surface area contributed by atoms with Crippen molar-refractivity contribution < 1.29 is 0 Å². The van der Waals surface area contributed by atoms with Gasteiger partial charge < -0.3 is 5.73 Å². The Balaban J connectivity index is 1.98. The lowest BCUT2D eigenvalue weighted by atomic mass is 9.69. The van der Waals surface area contributed by atoms with Crippen LogP contribution in [0.4, 0.5) is 0 Å². The summed E-state index contributed by atoms with van der Waals surface area (Å²) in [7, 11) is 0. The number of aryl methyl sites for hydroxylation is 1. The van der Waals surface area contributed by atoms with Crippen molar-refractivity contribution in [3.63, 3.8) is 0 Å². The second-order valence-corrected chi connectivity index (χ2v) is 6.06. The lowest BCUT2D eigenvalue weighted by Gasteiger charge is -2.37. The number of nitrogens with zero attached hydrogens (tertiary/aromatic N) is 2. The third kappa shape index (κ3) is 2.38. The number of rotatable bonds is 3. The van der Waals surface area contributed by atoms with Crippen LogP contribution in [0.2, 0.25) is 0 Å². The standard InChI is InChI=1S/C17H23N3/c1-14-11-19-20(12-14)16-7-5-6-15(10-16)17(13-18)8-3-2-4-9-17/h5-7,10-12H,2-4,8-9,13,18H2,1H3. The van der Waals surface area contributed by atoms with Crippen molar-refractivity contribution in [1.82, 2.24) is 9.78 Å². The van der Waals surface area contributed by atoms with Crippen LogP contribution in [0.3, 0.4) is 0 Å². The summed E-state index contributed by atoms with van der Waals surface area (Å²) in [5.41, 5.74) is 10.0. The Labute approximate surface area is 120 Å². The molecule has 0 aliphatic heterocycles. The molecule has 3 heteroatoms. The molecule has 1 saturated carbocycles. The molecular weight excluding hydrogens is 246 g/mol. The minimum Gasteiger partial charge on any atom is -0.330 e. The van der Waals surface area contributed by atoms with E-state index in [4.69, 9.17) is 5.73 Å². The van der Waals surface area contributed by atoms with E-state index < -0.39 is 0 Å². The van der Waals surface area contributed by atoms with Crippen LogP contribution in [-0.4, -0.2) is 16.3 Å². The summed E-state index contributed by atoms with van der Waals surface area (Å²) >= 11 is 0. The summed E-state index contributed by atoms with van der Waals surface area (Å²) in [4.78, 5) is 0. The molecule has 1 aromatic heterocycles. The van der Waals surface area contributed by atoms with Gasteiger partial charge in [-0.25, -0.2) is 4.68 Å². The fourth-order valence-electron chi connectivity index (χ4n) is 3.37. The van der Waals surface area contributed by atoms with Crippen LogP contribution in [0.5, 0.6) is 0 Å². The van der Waals surface area contributed by atoms with Crippen LogP contribution in [0.25, 0.3) is 5.69 Å². The molecule has 0 radical (unpaired) electrons. The largest absolute Gasteiger partial charge is 0.330 e. The van der Waals surface area contributed by atoms with Crippen LogP contribution in [-0.2, 0) is 5.41 Å². The second kappa shape index (κ2) is 5.41. The van der Waals surface area contributed by atoms with Gasteiger partial charge in [-0.15, -0.1) is 0 Å². The monoisotopic (exact) mass is 269 g/mol. The maximum Gasteiger partial charge on any atom is 0.0648 e. The highest BCUT2D eigenvalue weighted by Crippen LogP contribution is 2.39. The normalized spacial score (nSPS) is 18.1. The summed E-state index contributed by atoms with van der Waals surface area (Å²) in [5, 5.41) is 4.41. The van der Waals surface area contributed by atoms with E-state index in [1.807, 2.05) is 10.9 Å². The summed E-state index contributed by atoms with van der Waals surface area (Å²) in [6.45, 7) is 2.81.